The topological polar surface area (TPSA) is 61.8 Å². The van der Waals surface area contributed by atoms with Gasteiger partial charge < -0.3 is 20.1 Å². The van der Waals surface area contributed by atoms with Gasteiger partial charge in [-0.05, 0) is 18.6 Å². The number of anilines is 2. The van der Waals surface area contributed by atoms with Gasteiger partial charge in [-0.3, -0.25) is 4.79 Å². The minimum atomic E-state index is -1.11. The summed E-state index contributed by atoms with van der Waals surface area (Å²) >= 11 is 6.30. The first-order valence-corrected chi connectivity index (χ1v) is 7.04. The largest absolute Gasteiger partial charge is 0.384 e. The number of carbonyl (C=O) groups is 1. The molecule has 5 nitrogen and oxygen atoms in total. The lowest BCUT2D eigenvalue weighted by atomic mass is 10.1. The molecule has 20 heavy (non-hydrogen) atoms. The number of nitrogens with zero attached hydrogens (tertiary/aromatic N) is 1. The number of benzene rings is 1. The highest BCUT2D eigenvalue weighted by Crippen LogP contribution is 2.40. The Morgan fingerprint density at radius 2 is 2.35 bits per heavy atom. The van der Waals surface area contributed by atoms with Crippen LogP contribution in [0.15, 0.2) is 12.1 Å². The Morgan fingerprint density at radius 3 is 3.10 bits per heavy atom. The van der Waals surface area contributed by atoms with E-state index in [0.717, 1.165) is 31.8 Å². The van der Waals surface area contributed by atoms with Crippen molar-refractivity contribution >= 4 is 28.9 Å². The lowest BCUT2D eigenvalue weighted by Gasteiger charge is -2.21. The Labute approximate surface area is 122 Å². The second kappa shape index (κ2) is 5.24. The van der Waals surface area contributed by atoms with E-state index in [1.807, 2.05) is 6.07 Å². The molecule has 0 spiro atoms. The van der Waals surface area contributed by atoms with E-state index in [0.29, 0.717) is 22.2 Å². The van der Waals surface area contributed by atoms with Crippen LogP contribution in [-0.2, 0) is 9.53 Å². The minimum absolute atomic E-state index is 0.396. The summed E-state index contributed by atoms with van der Waals surface area (Å²) in [5.74, 6) is 0.108. The maximum Gasteiger partial charge on any atom is 0.257 e. The quantitative estimate of drug-likeness (QED) is 0.893. The van der Waals surface area contributed by atoms with Gasteiger partial charge in [0.1, 0.15) is 0 Å². The maximum absolute atomic E-state index is 11.5. The van der Waals surface area contributed by atoms with E-state index in [9.17, 15) is 9.90 Å². The molecule has 0 aromatic heterocycles. The van der Waals surface area contributed by atoms with Gasteiger partial charge in [0.25, 0.3) is 5.91 Å². The van der Waals surface area contributed by atoms with Crippen LogP contribution in [0.5, 0.6) is 0 Å². The van der Waals surface area contributed by atoms with Crippen LogP contribution in [0.25, 0.3) is 0 Å². The second-order valence-corrected chi connectivity index (χ2v) is 5.75. The molecule has 6 heteroatoms. The van der Waals surface area contributed by atoms with Crippen molar-refractivity contribution in [2.75, 3.05) is 37.0 Å². The van der Waals surface area contributed by atoms with E-state index in [1.54, 1.807) is 13.2 Å². The highest BCUT2D eigenvalue weighted by atomic mass is 35.5. The van der Waals surface area contributed by atoms with E-state index in [-0.39, 0.29) is 0 Å². The Kier molecular flexibility index (Phi) is 3.58. The highest BCUT2D eigenvalue weighted by Gasteiger charge is 2.31. The number of rotatable bonds is 3. The smallest absolute Gasteiger partial charge is 0.257 e. The fourth-order valence-electron chi connectivity index (χ4n) is 2.92. The van der Waals surface area contributed by atoms with Crippen LogP contribution in [-0.4, -0.2) is 37.8 Å². The molecule has 2 aliphatic heterocycles. The van der Waals surface area contributed by atoms with Gasteiger partial charge in [0.2, 0.25) is 0 Å². The average molecular weight is 297 g/mol. The van der Waals surface area contributed by atoms with Crippen molar-refractivity contribution in [3.8, 4) is 0 Å². The van der Waals surface area contributed by atoms with Crippen LogP contribution in [0.3, 0.4) is 0 Å². The van der Waals surface area contributed by atoms with Gasteiger partial charge in [-0.2, -0.15) is 0 Å². The summed E-state index contributed by atoms with van der Waals surface area (Å²) in [5.41, 5.74) is 2.10. The molecule has 2 N–H and O–H groups in total. The Morgan fingerprint density at radius 1 is 1.55 bits per heavy atom. The third-order valence-electron chi connectivity index (χ3n) is 3.95. The fraction of sp³-hybridized carbons (Fsp3) is 0.500. The summed E-state index contributed by atoms with van der Waals surface area (Å²) in [6.07, 6.45) is -0.0488. The Bertz CT molecular complexity index is 549. The number of halogens is 1. The summed E-state index contributed by atoms with van der Waals surface area (Å²) in [4.78, 5) is 13.7. The van der Waals surface area contributed by atoms with Crippen LogP contribution in [0.4, 0.5) is 11.4 Å². The zero-order chi connectivity index (χ0) is 14.3. The fourth-order valence-corrected chi connectivity index (χ4v) is 3.21. The molecule has 0 saturated carbocycles. The molecule has 2 aliphatic rings. The van der Waals surface area contributed by atoms with E-state index in [2.05, 4.69) is 10.2 Å². The van der Waals surface area contributed by atoms with Crippen LogP contribution in [0.1, 0.15) is 18.1 Å². The van der Waals surface area contributed by atoms with E-state index >= 15 is 0 Å². The molecule has 2 atom stereocenters. The molecule has 0 bridgehead atoms. The number of fused-ring (bicyclic) bond motifs is 1. The monoisotopic (exact) mass is 296 g/mol. The van der Waals surface area contributed by atoms with Gasteiger partial charge in [0, 0.05) is 37.4 Å². The van der Waals surface area contributed by atoms with Gasteiger partial charge in [0.05, 0.1) is 17.3 Å². The predicted molar refractivity (Wildman–Crippen MR) is 77.2 cm³/mol. The molecule has 1 saturated heterocycles. The van der Waals surface area contributed by atoms with Crippen LogP contribution in [0.2, 0.25) is 5.02 Å². The first-order valence-electron chi connectivity index (χ1n) is 6.66. The number of nitrogens with one attached hydrogen (secondary N) is 1. The molecule has 1 aromatic carbocycles. The lowest BCUT2D eigenvalue weighted by Crippen LogP contribution is -2.21. The summed E-state index contributed by atoms with van der Waals surface area (Å²) in [5, 5.41) is 13.0. The molecule has 1 fully saturated rings. The first kappa shape index (κ1) is 13.7. The van der Waals surface area contributed by atoms with Crippen LogP contribution >= 0.6 is 11.6 Å². The van der Waals surface area contributed by atoms with E-state index < -0.39 is 12.0 Å². The van der Waals surface area contributed by atoms with Crippen molar-refractivity contribution in [2.45, 2.75) is 12.5 Å². The van der Waals surface area contributed by atoms with Gasteiger partial charge in [0.15, 0.2) is 6.10 Å². The standard InChI is InChI=1S/C14H17ClN2O3/c1-20-7-8-2-3-17(6-8)12-5-11-9(4-10(12)15)13(18)14(19)16-11/h4-5,8,13,18H,2-3,6-7H2,1H3,(H,16,19). The van der Waals surface area contributed by atoms with Crippen molar-refractivity contribution in [2.24, 2.45) is 5.92 Å². The van der Waals surface area contributed by atoms with Crippen molar-refractivity contribution in [3.63, 3.8) is 0 Å². The van der Waals surface area contributed by atoms with Crippen molar-refractivity contribution in [3.05, 3.63) is 22.7 Å². The lowest BCUT2D eigenvalue weighted by molar-refractivity contribution is -0.123. The molecule has 1 amide bonds. The molecule has 2 heterocycles. The van der Waals surface area contributed by atoms with Crippen LogP contribution in [0, 0.1) is 5.92 Å². The van der Waals surface area contributed by atoms with Gasteiger partial charge in [-0.25, -0.2) is 0 Å². The summed E-state index contributed by atoms with van der Waals surface area (Å²) in [6, 6.07) is 3.53. The zero-order valence-corrected chi connectivity index (χ0v) is 12.0. The summed E-state index contributed by atoms with van der Waals surface area (Å²) < 4.78 is 5.19. The number of carbonyl (C=O) groups excluding carboxylic acids is 1. The maximum atomic E-state index is 11.5. The predicted octanol–water partition coefficient (Wildman–Crippen LogP) is 1.80. The number of ether oxygens (including phenoxy) is 1. The minimum Gasteiger partial charge on any atom is -0.384 e. The molecule has 3 rings (SSSR count). The number of hydrogen-bond acceptors (Lipinski definition) is 4. The first-order chi connectivity index (χ1) is 9.60. The summed E-state index contributed by atoms with van der Waals surface area (Å²) in [6.45, 7) is 2.56. The molecule has 108 valence electrons. The number of hydrogen-bond donors (Lipinski definition) is 2. The van der Waals surface area contributed by atoms with E-state index in [4.69, 9.17) is 16.3 Å². The number of aliphatic hydroxyl groups is 1. The van der Waals surface area contributed by atoms with E-state index in [1.165, 1.54) is 0 Å². The second-order valence-electron chi connectivity index (χ2n) is 5.34. The number of methoxy groups -OCH3 is 1. The third-order valence-corrected chi connectivity index (χ3v) is 4.25. The molecular formula is C14H17ClN2O3. The molecule has 0 aliphatic carbocycles. The molecule has 0 radical (unpaired) electrons. The molecule has 2 unspecified atom stereocenters. The third kappa shape index (κ3) is 2.26. The number of amides is 1. The Balaban J connectivity index is 1.86. The van der Waals surface area contributed by atoms with Crippen molar-refractivity contribution in [1.29, 1.82) is 0 Å². The highest BCUT2D eigenvalue weighted by molar-refractivity contribution is 6.33. The van der Waals surface area contributed by atoms with Gasteiger partial charge in [-0.1, -0.05) is 11.6 Å². The molecular weight excluding hydrogens is 280 g/mol. The SMILES string of the molecule is COCC1CCN(c2cc3c(cc2Cl)C(O)C(=O)N3)C1. The van der Waals surface area contributed by atoms with Gasteiger partial charge in [-0.15, -0.1) is 0 Å². The van der Waals surface area contributed by atoms with Crippen molar-refractivity contribution < 1.29 is 14.6 Å². The average Bonchev–Trinajstić information content (AvgIpc) is 2.97. The van der Waals surface area contributed by atoms with Crippen LogP contribution < -0.4 is 10.2 Å². The zero-order valence-electron chi connectivity index (χ0n) is 11.2. The number of aliphatic hydroxyl groups excluding tert-OH is 1. The molecule has 1 aromatic rings. The van der Waals surface area contributed by atoms with Crippen molar-refractivity contribution in [1.82, 2.24) is 0 Å². The van der Waals surface area contributed by atoms with Gasteiger partial charge >= 0.3 is 0 Å². The summed E-state index contributed by atoms with van der Waals surface area (Å²) in [7, 11) is 1.71. The normalized spacial score (nSPS) is 24.9. The Hall–Kier alpha value is -1.30.